The van der Waals surface area contributed by atoms with E-state index in [0.29, 0.717) is 15.5 Å². The van der Waals surface area contributed by atoms with E-state index in [1.807, 2.05) is 6.07 Å². The van der Waals surface area contributed by atoms with Crippen LogP contribution in [0.2, 0.25) is 0 Å². The molecule has 2 aromatic heterocycles. The van der Waals surface area contributed by atoms with Gasteiger partial charge in [-0.2, -0.15) is 0 Å². The van der Waals surface area contributed by atoms with Gasteiger partial charge in [-0.1, -0.05) is 29.5 Å². The zero-order valence-electron chi connectivity index (χ0n) is 18.2. The predicted octanol–water partition coefficient (Wildman–Crippen LogP) is 6.33. The largest absolute Gasteiger partial charge is 0.319 e. The van der Waals surface area contributed by atoms with Crippen LogP contribution in [-0.4, -0.2) is 26.1 Å². The number of aromatic nitrogens is 2. The molecule has 1 aromatic carbocycles. The molecule has 4 rings (SSSR count). The number of rotatable bonds is 5. The average Bonchev–Trinajstić information content (AvgIpc) is 2.79. The number of nitrogens with zero attached hydrogens (tertiary/aromatic N) is 2. The van der Waals surface area contributed by atoms with Crippen LogP contribution in [0.5, 0.6) is 0 Å². The van der Waals surface area contributed by atoms with Gasteiger partial charge in [-0.3, -0.25) is 14.6 Å². The number of hydrogen-bond donors (Lipinski definition) is 1. The van der Waals surface area contributed by atoms with Crippen molar-refractivity contribution in [3.05, 3.63) is 77.0 Å². The highest BCUT2D eigenvalue weighted by atomic mass is 127. The molecule has 0 aliphatic heterocycles. The second-order valence-electron chi connectivity index (χ2n) is 8.53. The summed E-state index contributed by atoms with van der Waals surface area (Å²) in [5.74, 6) is -3.16. The molecule has 3 aromatic rings. The van der Waals surface area contributed by atoms with Crippen LogP contribution in [0.4, 0.5) is 18.9 Å². The van der Waals surface area contributed by atoms with Gasteiger partial charge in [0.05, 0.1) is 17.4 Å². The third-order valence-electron chi connectivity index (χ3n) is 5.94. The number of alkyl halides is 1. The Morgan fingerprint density at radius 2 is 1.82 bits per heavy atom. The van der Waals surface area contributed by atoms with Crippen LogP contribution in [0, 0.1) is 23.4 Å². The summed E-state index contributed by atoms with van der Waals surface area (Å²) in [7, 11) is 0. The lowest BCUT2D eigenvalue weighted by molar-refractivity contribution is 0.102. The van der Waals surface area contributed by atoms with Gasteiger partial charge in [-0.25, -0.2) is 18.2 Å². The molecule has 1 saturated carbocycles. The van der Waals surface area contributed by atoms with Gasteiger partial charge in [0.1, 0.15) is 35.1 Å². The maximum absolute atomic E-state index is 14.5. The minimum Gasteiger partial charge on any atom is -0.319 e. The summed E-state index contributed by atoms with van der Waals surface area (Å²) in [6.45, 7) is 2.21. The summed E-state index contributed by atoms with van der Waals surface area (Å²) < 4.78 is 43.9. The fourth-order valence-corrected chi connectivity index (χ4v) is 5.94. The van der Waals surface area contributed by atoms with E-state index in [2.05, 4.69) is 44.8 Å². The highest BCUT2D eigenvalue weighted by molar-refractivity contribution is 14.1. The van der Waals surface area contributed by atoms with Crippen LogP contribution in [0.15, 0.2) is 42.7 Å². The van der Waals surface area contributed by atoms with E-state index in [4.69, 9.17) is 0 Å². The molecule has 1 aliphatic carbocycles. The first-order chi connectivity index (χ1) is 16.3. The van der Waals surface area contributed by atoms with Gasteiger partial charge < -0.3 is 5.32 Å². The summed E-state index contributed by atoms with van der Waals surface area (Å²) in [5.41, 5.74) is -0.364. The normalized spacial score (nSPS) is 20.1. The highest BCUT2D eigenvalue weighted by Crippen LogP contribution is 2.41. The molecule has 0 bridgehead atoms. The smallest absolute Gasteiger partial charge is 0.274 e. The van der Waals surface area contributed by atoms with Crippen molar-refractivity contribution in [2.24, 2.45) is 5.92 Å². The van der Waals surface area contributed by atoms with E-state index >= 15 is 0 Å². The fourth-order valence-electron chi connectivity index (χ4n) is 4.46. The van der Waals surface area contributed by atoms with Crippen molar-refractivity contribution in [1.82, 2.24) is 9.97 Å². The van der Waals surface area contributed by atoms with Crippen molar-refractivity contribution in [1.29, 1.82) is 0 Å². The van der Waals surface area contributed by atoms with Gasteiger partial charge >= 0.3 is 0 Å². The van der Waals surface area contributed by atoms with E-state index < -0.39 is 34.6 Å². The monoisotopic (exact) mass is 579 g/mol. The molecule has 1 aliphatic rings. The van der Waals surface area contributed by atoms with E-state index in [1.54, 1.807) is 12.4 Å². The molecule has 3 atom stereocenters. The highest BCUT2D eigenvalue weighted by Gasteiger charge is 2.28. The first-order valence-corrected chi connectivity index (χ1v) is 12.0. The molecule has 9 heteroatoms. The summed E-state index contributed by atoms with van der Waals surface area (Å²) in [6.07, 6.45) is 6.62. The van der Waals surface area contributed by atoms with Crippen LogP contribution in [0.3, 0.4) is 0 Å². The number of carbonyl (C=O) groups excluding carboxylic acids is 2. The molecular formula is C25H21F3IN3O2. The molecular weight excluding hydrogens is 558 g/mol. The number of pyridine rings is 2. The SMILES string of the molecule is C[C@@H]1CC(I)CC(c2ccncc2NC(=O)c2ccc(F)c(-c3c(F)cc(C=O)cc3F)n2)C1. The summed E-state index contributed by atoms with van der Waals surface area (Å²) >= 11 is 2.45. The number of nitrogens with one attached hydrogen (secondary N) is 1. The average molecular weight is 579 g/mol. The minimum atomic E-state index is -1.15. The molecule has 34 heavy (non-hydrogen) atoms. The third kappa shape index (κ3) is 5.13. The molecule has 176 valence electrons. The van der Waals surface area contributed by atoms with E-state index in [1.165, 1.54) is 0 Å². The molecule has 0 saturated heterocycles. The number of amides is 1. The molecule has 0 spiro atoms. The molecule has 2 heterocycles. The van der Waals surface area contributed by atoms with Crippen molar-refractivity contribution in [2.45, 2.75) is 36.0 Å². The van der Waals surface area contributed by atoms with Crippen molar-refractivity contribution in [3.63, 3.8) is 0 Å². The van der Waals surface area contributed by atoms with E-state index in [9.17, 15) is 22.8 Å². The van der Waals surface area contributed by atoms with Crippen molar-refractivity contribution >= 4 is 40.5 Å². The zero-order chi connectivity index (χ0) is 24.4. The predicted molar refractivity (Wildman–Crippen MR) is 131 cm³/mol. The maximum Gasteiger partial charge on any atom is 0.274 e. The van der Waals surface area contributed by atoms with Crippen molar-refractivity contribution in [3.8, 4) is 11.3 Å². The number of benzene rings is 1. The van der Waals surface area contributed by atoms with Crippen LogP contribution < -0.4 is 5.32 Å². The Hall–Kier alpha value is -2.82. The van der Waals surface area contributed by atoms with Gasteiger partial charge in [0.25, 0.3) is 5.91 Å². The summed E-state index contributed by atoms with van der Waals surface area (Å²) in [4.78, 5) is 31.8. The zero-order valence-corrected chi connectivity index (χ0v) is 20.4. The minimum absolute atomic E-state index is 0.215. The number of aldehydes is 1. The second-order valence-corrected chi connectivity index (χ2v) is 10.3. The lowest BCUT2D eigenvalue weighted by Gasteiger charge is -2.31. The molecule has 0 radical (unpaired) electrons. The van der Waals surface area contributed by atoms with E-state index in [0.717, 1.165) is 49.1 Å². The Balaban J connectivity index is 1.65. The van der Waals surface area contributed by atoms with Gasteiger partial charge in [0.15, 0.2) is 0 Å². The maximum atomic E-state index is 14.5. The Morgan fingerprint density at radius 3 is 2.50 bits per heavy atom. The number of carbonyl (C=O) groups is 2. The first kappa shape index (κ1) is 24.3. The van der Waals surface area contributed by atoms with Crippen LogP contribution in [0.25, 0.3) is 11.3 Å². The molecule has 1 amide bonds. The standard InChI is InChI=1S/C25H21F3IN3O2/c1-13-6-15(10-16(29)7-13)17-4-5-30-11-22(17)32-25(34)21-3-2-18(26)24(31-21)23-19(27)8-14(12-33)9-20(23)28/h2-5,8-9,11-13,15-16H,6-7,10H2,1H3,(H,32,34)/t13-,15?,16?/m0/s1. The third-order valence-corrected chi connectivity index (χ3v) is 6.96. The van der Waals surface area contributed by atoms with Crippen molar-refractivity contribution < 1.29 is 22.8 Å². The first-order valence-electron chi connectivity index (χ1n) is 10.8. The molecule has 1 N–H and O–H groups in total. The van der Waals surface area contributed by atoms with Crippen molar-refractivity contribution in [2.75, 3.05) is 5.32 Å². The van der Waals surface area contributed by atoms with Gasteiger partial charge in [-0.15, -0.1) is 0 Å². The van der Waals surface area contributed by atoms with Gasteiger partial charge in [-0.05, 0) is 67.0 Å². The topological polar surface area (TPSA) is 72.0 Å². The summed E-state index contributed by atoms with van der Waals surface area (Å²) in [6, 6.07) is 5.52. The van der Waals surface area contributed by atoms with Crippen LogP contribution in [0.1, 0.15) is 58.5 Å². The van der Waals surface area contributed by atoms with Gasteiger partial charge in [0, 0.05) is 15.7 Å². The van der Waals surface area contributed by atoms with E-state index in [-0.39, 0.29) is 23.5 Å². The Kier molecular flexibility index (Phi) is 7.30. The fraction of sp³-hybridized carbons (Fsp3) is 0.280. The Bertz CT molecular complexity index is 1220. The van der Waals surface area contributed by atoms with Crippen LogP contribution in [-0.2, 0) is 0 Å². The molecule has 2 unspecified atom stereocenters. The quantitative estimate of drug-likeness (QED) is 0.218. The Morgan fingerprint density at radius 1 is 1.09 bits per heavy atom. The Labute approximate surface area is 208 Å². The molecule has 5 nitrogen and oxygen atoms in total. The number of anilines is 1. The number of halogens is 4. The summed E-state index contributed by atoms with van der Waals surface area (Å²) in [5, 5.41) is 2.78. The lowest BCUT2D eigenvalue weighted by Crippen LogP contribution is -2.22. The lowest BCUT2D eigenvalue weighted by atomic mass is 9.78. The molecule has 1 fully saturated rings. The van der Waals surface area contributed by atoms with Crippen LogP contribution >= 0.6 is 22.6 Å². The second kappa shape index (κ2) is 10.2. The van der Waals surface area contributed by atoms with Gasteiger partial charge in [0.2, 0.25) is 0 Å². The number of hydrogen-bond acceptors (Lipinski definition) is 4.